The molecule has 0 atom stereocenters. The molecule has 0 bridgehead atoms. The standard InChI is InChI=1S/C15H18BrNO3S/c16-12-4-6-13(7-5-12)21-11-15(19)20-10-14(18)17-8-2-1-3-9-17/h4-7H,1-3,8-11H2. The third kappa shape index (κ3) is 5.71. The number of ether oxygens (including phenoxy) is 1. The number of nitrogens with zero attached hydrogens (tertiary/aromatic N) is 1. The molecule has 6 heteroatoms. The summed E-state index contributed by atoms with van der Waals surface area (Å²) in [7, 11) is 0. The lowest BCUT2D eigenvalue weighted by Gasteiger charge is -2.26. The highest BCUT2D eigenvalue weighted by Gasteiger charge is 2.17. The van der Waals surface area contributed by atoms with E-state index in [0.29, 0.717) is 0 Å². The second-order valence-electron chi connectivity index (χ2n) is 4.84. The van der Waals surface area contributed by atoms with Crippen LogP contribution in [0.4, 0.5) is 0 Å². The summed E-state index contributed by atoms with van der Waals surface area (Å²) < 4.78 is 6.04. The maximum Gasteiger partial charge on any atom is 0.316 e. The van der Waals surface area contributed by atoms with Crippen molar-refractivity contribution in [3.05, 3.63) is 28.7 Å². The van der Waals surface area contributed by atoms with E-state index >= 15 is 0 Å². The Labute approximate surface area is 137 Å². The van der Waals surface area contributed by atoms with Crippen molar-refractivity contribution in [3.63, 3.8) is 0 Å². The summed E-state index contributed by atoms with van der Waals surface area (Å²) >= 11 is 4.77. The number of amides is 1. The fourth-order valence-electron chi connectivity index (χ4n) is 2.09. The number of hydrogen-bond acceptors (Lipinski definition) is 4. The molecule has 0 unspecified atom stereocenters. The first-order valence-corrected chi connectivity index (χ1v) is 8.75. The van der Waals surface area contributed by atoms with Gasteiger partial charge in [0, 0.05) is 22.5 Å². The van der Waals surface area contributed by atoms with E-state index in [4.69, 9.17) is 4.74 Å². The highest BCUT2D eigenvalue weighted by Crippen LogP contribution is 2.20. The molecule has 1 aromatic carbocycles. The summed E-state index contributed by atoms with van der Waals surface area (Å²) in [4.78, 5) is 26.3. The zero-order chi connectivity index (χ0) is 15.1. The van der Waals surface area contributed by atoms with Gasteiger partial charge in [0.25, 0.3) is 5.91 Å². The number of carbonyl (C=O) groups excluding carboxylic acids is 2. The SMILES string of the molecule is O=C(CSc1ccc(Br)cc1)OCC(=O)N1CCCCC1. The molecular formula is C15H18BrNO3S. The maximum atomic E-state index is 11.9. The summed E-state index contributed by atoms with van der Waals surface area (Å²) in [6.45, 7) is 1.42. The summed E-state index contributed by atoms with van der Waals surface area (Å²) in [5.74, 6) is -0.223. The van der Waals surface area contributed by atoms with Crippen LogP contribution in [-0.2, 0) is 14.3 Å². The molecule has 1 aliphatic rings. The number of hydrogen-bond donors (Lipinski definition) is 0. The molecule has 1 aliphatic heterocycles. The molecule has 0 spiro atoms. The van der Waals surface area contributed by atoms with E-state index in [1.807, 2.05) is 24.3 Å². The lowest BCUT2D eigenvalue weighted by molar-refractivity contribution is -0.150. The van der Waals surface area contributed by atoms with Crippen molar-refractivity contribution >= 4 is 39.6 Å². The van der Waals surface area contributed by atoms with Gasteiger partial charge in [-0.15, -0.1) is 11.8 Å². The predicted molar refractivity (Wildman–Crippen MR) is 86.3 cm³/mol. The number of piperidine rings is 1. The normalized spacial score (nSPS) is 14.8. The molecule has 114 valence electrons. The number of carbonyl (C=O) groups is 2. The Hall–Kier alpha value is -1.01. The third-order valence-electron chi connectivity index (χ3n) is 3.24. The van der Waals surface area contributed by atoms with Crippen molar-refractivity contribution in [3.8, 4) is 0 Å². The quantitative estimate of drug-likeness (QED) is 0.589. The van der Waals surface area contributed by atoms with Crippen LogP contribution in [-0.4, -0.2) is 42.2 Å². The van der Waals surface area contributed by atoms with Crippen LogP contribution < -0.4 is 0 Å². The van der Waals surface area contributed by atoms with Crippen LogP contribution in [0.1, 0.15) is 19.3 Å². The van der Waals surface area contributed by atoms with Crippen LogP contribution in [0, 0.1) is 0 Å². The monoisotopic (exact) mass is 371 g/mol. The average Bonchev–Trinajstić information content (AvgIpc) is 2.53. The highest BCUT2D eigenvalue weighted by atomic mass is 79.9. The molecule has 21 heavy (non-hydrogen) atoms. The molecule has 0 aromatic heterocycles. The van der Waals surface area contributed by atoms with Gasteiger partial charge in [-0.1, -0.05) is 15.9 Å². The fourth-order valence-corrected chi connectivity index (χ4v) is 3.05. The zero-order valence-electron chi connectivity index (χ0n) is 11.7. The number of benzene rings is 1. The molecule has 4 nitrogen and oxygen atoms in total. The zero-order valence-corrected chi connectivity index (χ0v) is 14.1. The maximum absolute atomic E-state index is 11.9. The Kier molecular flexibility index (Phi) is 6.57. The Balaban J connectivity index is 1.67. The first kappa shape index (κ1) is 16.4. The van der Waals surface area contributed by atoms with Crippen molar-refractivity contribution in [2.75, 3.05) is 25.4 Å². The molecule has 2 rings (SSSR count). The van der Waals surface area contributed by atoms with E-state index in [-0.39, 0.29) is 24.2 Å². The van der Waals surface area contributed by atoms with Crippen LogP contribution in [0.25, 0.3) is 0 Å². The van der Waals surface area contributed by atoms with E-state index in [9.17, 15) is 9.59 Å². The van der Waals surface area contributed by atoms with Crippen LogP contribution in [0.2, 0.25) is 0 Å². The van der Waals surface area contributed by atoms with Gasteiger partial charge in [-0.05, 0) is 43.5 Å². The second kappa shape index (κ2) is 8.44. The van der Waals surface area contributed by atoms with Gasteiger partial charge < -0.3 is 9.64 Å². The highest BCUT2D eigenvalue weighted by molar-refractivity contribution is 9.10. The van der Waals surface area contributed by atoms with Crippen molar-refractivity contribution < 1.29 is 14.3 Å². The second-order valence-corrected chi connectivity index (χ2v) is 6.81. The molecule has 1 heterocycles. The number of esters is 1. The largest absolute Gasteiger partial charge is 0.455 e. The van der Waals surface area contributed by atoms with Gasteiger partial charge in [-0.2, -0.15) is 0 Å². The van der Waals surface area contributed by atoms with Crippen molar-refractivity contribution in [1.29, 1.82) is 0 Å². The Bertz CT molecular complexity index is 486. The number of rotatable bonds is 5. The van der Waals surface area contributed by atoms with E-state index < -0.39 is 0 Å². The van der Waals surface area contributed by atoms with Crippen molar-refractivity contribution in [1.82, 2.24) is 4.90 Å². The summed E-state index contributed by atoms with van der Waals surface area (Å²) in [6, 6.07) is 7.71. The molecule has 1 amide bonds. The van der Waals surface area contributed by atoms with Gasteiger partial charge in [0.15, 0.2) is 6.61 Å². The van der Waals surface area contributed by atoms with Gasteiger partial charge in [0.2, 0.25) is 0 Å². The number of likely N-dealkylation sites (tertiary alicyclic amines) is 1. The minimum Gasteiger partial charge on any atom is -0.455 e. The van der Waals surface area contributed by atoms with Gasteiger partial charge in [0.05, 0.1) is 5.75 Å². The lowest BCUT2D eigenvalue weighted by atomic mass is 10.1. The topological polar surface area (TPSA) is 46.6 Å². The van der Waals surface area contributed by atoms with Crippen molar-refractivity contribution in [2.24, 2.45) is 0 Å². The number of thioether (sulfide) groups is 1. The molecule has 0 radical (unpaired) electrons. The molecular weight excluding hydrogens is 354 g/mol. The van der Waals surface area contributed by atoms with Crippen molar-refractivity contribution in [2.45, 2.75) is 24.2 Å². The summed E-state index contributed by atoms with van der Waals surface area (Å²) in [5, 5.41) is 0. The summed E-state index contributed by atoms with van der Waals surface area (Å²) in [6.07, 6.45) is 3.26. The minimum absolute atomic E-state index is 0.0864. The van der Waals surface area contributed by atoms with E-state index in [1.54, 1.807) is 4.90 Å². The first-order valence-electron chi connectivity index (χ1n) is 6.97. The molecule has 0 aliphatic carbocycles. The molecule has 0 N–H and O–H groups in total. The predicted octanol–water partition coefficient (Wildman–Crippen LogP) is 3.10. The van der Waals surface area contributed by atoms with Gasteiger partial charge >= 0.3 is 5.97 Å². The Morgan fingerprint density at radius 1 is 1.14 bits per heavy atom. The van der Waals surface area contributed by atoms with Gasteiger partial charge in [-0.25, -0.2) is 0 Å². The number of halogens is 1. The van der Waals surface area contributed by atoms with E-state index in [2.05, 4.69) is 15.9 Å². The van der Waals surface area contributed by atoms with Crippen LogP contribution >= 0.6 is 27.7 Å². The van der Waals surface area contributed by atoms with E-state index in [0.717, 1.165) is 35.3 Å². The molecule has 1 saturated heterocycles. The van der Waals surface area contributed by atoms with E-state index in [1.165, 1.54) is 18.2 Å². The minimum atomic E-state index is -0.353. The molecule has 1 fully saturated rings. The molecule has 0 saturated carbocycles. The average molecular weight is 372 g/mol. The van der Waals surface area contributed by atoms with Gasteiger partial charge in [-0.3, -0.25) is 9.59 Å². The third-order valence-corrected chi connectivity index (χ3v) is 4.75. The smallest absolute Gasteiger partial charge is 0.316 e. The Morgan fingerprint density at radius 2 is 1.81 bits per heavy atom. The van der Waals surface area contributed by atoms with Gasteiger partial charge in [0.1, 0.15) is 0 Å². The molecule has 1 aromatic rings. The van der Waals surface area contributed by atoms with Crippen LogP contribution in [0.5, 0.6) is 0 Å². The fraction of sp³-hybridized carbons (Fsp3) is 0.467. The van der Waals surface area contributed by atoms with Crippen LogP contribution in [0.3, 0.4) is 0 Å². The first-order chi connectivity index (χ1) is 10.1. The Morgan fingerprint density at radius 3 is 2.48 bits per heavy atom. The summed E-state index contributed by atoms with van der Waals surface area (Å²) in [5.41, 5.74) is 0. The van der Waals surface area contributed by atoms with Crippen LogP contribution in [0.15, 0.2) is 33.6 Å². The lowest BCUT2D eigenvalue weighted by Crippen LogP contribution is -2.38.